The van der Waals surface area contributed by atoms with Gasteiger partial charge in [0, 0.05) is 35.4 Å². The first-order valence-electron chi connectivity index (χ1n) is 10.5. The van der Waals surface area contributed by atoms with Crippen molar-refractivity contribution < 1.29 is 14.4 Å². The zero-order valence-corrected chi connectivity index (χ0v) is 18.4. The fourth-order valence-corrected chi connectivity index (χ4v) is 4.45. The summed E-state index contributed by atoms with van der Waals surface area (Å²) in [5.74, 6) is -0.300. The SMILES string of the molecule is Cc1sc(Nc2ccc(C(=O)NOC3CCCCO3)cc2)nc1-c1cnc2ccccn12. The fraction of sp³-hybridized carbons (Fsp3) is 0.261. The summed E-state index contributed by atoms with van der Waals surface area (Å²) in [5.41, 5.74) is 6.57. The highest BCUT2D eigenvalue weighted by Gasteiger charge is 2.17. The third-order valence-corrected chi connectivity index (χ3v) is 6.16. The summed E-state index contributed by atoms with van der Waals surface area (Å²) < 4.78 is 7.48. The molecule has 9 heteroatoms. The zero-order valence-electron chi connectivity index (χ0n) is 17.6. The Hall–Kier alpha value is -3.27. The van der Waals surface area contributed by atoms with E-state index in [1.807, 2.05) is 54.0 Å². The molecule has 1 aromatic carbocycles. The molecule has 1 unspecified atom stereocenters. The molecule has 0 saturated carbocycles. The number of benzene rings is 1. The number of hydrogen-bond donors (Lipinski definition) is 2. The number of imidazole rings is 1. The second-order valence-corrected chi connectivity index (χ2v) is 8.75. The number of aromatic nitrogens is 3. The molecule has 1 aliphatic heterocycles. The number of aryl methyl sites for hydroxylation is 1. The van der Waals surface area contributed by atoms with E-state index >= 15 is 0 Å². The maximum absolute atomic E-state index is 12.3. The minimum Gasteiger partial charge on any atom is -0.350 e. The molecule has 4 aromatic rings. The topological polar surface area (TPSA) is 89.8 Å². The van der Waals surface area contributed by atoms with Crippen LogP contribution in [0.1, 0.15) is 34.5 Å². The largest absolute Gasteiger partial charge is 0.350 e. The Balaban J connectivity index is 1.25. The van der Waals surface area contributed by atoms with Crippen LogP contribution < -0.4 is 10.8 Å². The van der Waals surface area contributed by atoms with Gasteiger partial charge in [0.15, 0.2) is 11.4 Å². The van der Waals surface area contributed by atoms with E-state index in [1.165, 1.54) is 0 Å². The predicted octanol–water partition coefficient (Wildman–Crippen LogP) is 4.70. The van der Waals surface area contributed by atoms with Crippen LogP contribution in [0.3, 0.4) is 0 Å². The highest BCUT2D eigenvalue weighted by molar-refractivity contribution is 7.16. The lowest BCUT2D eigenvalue weighted by Gasteiger charge is -2.22. The number of anilines is 2. The minimum atomic E-state index is -0.371. The van der Waals surface area contributed by atoms with Crippen molar-refractivity contribution >= 4 is 33.7 Å². The number of amides is 1. The summed E-state index contributed by atoms with van der Waals surface area (Å²) >= 11 is 1.57. The highest BCUT2D eigenvalue weighted by atomic mass is 32.1. The Morgan fingerprint density at radius 2 is 2.09 bits per heavy atom. The van der Waals surface area contributed by atoms with Crippen LogP contribution in [0.5, 0.6) is 0 Å². The van der Waals surface area contributed by atoms with Gasteiger partial charge in [0.25, 0.3) is 5.91 Å². The van der Waals surface area contributed by atoms with Crippen molar-refractivity contribution in [3.05, 3.63) is 65.3 Å². The molecule has 2 N–H and O–H groups in total. The van der Waals surface area contributed by atoms with Crippen LogP contribution in [-0.4, -0.2) is 33.2 Å². The molecule has 32 heavy (non-hydrogen) atoms. The van der Waals surface area contributed by atoms with E-state index < -0.39 is 0 Å². The number of carbonyl (C=O) groups excluding carboxylic acids is 1. The molecule has 1 fully saturated rings. The van der Waals surface area contributed by atoms with Crippen molar-refractivity contribution in [2.24, 2.45) is 0 Å². The monoisotopic (exact) mass is 449 g/mol. The number of nitrogens with one attached hydrogen (secondary N) is 2. The van der Waals surface area contributed by atoms with E-state index in [2.05, 4.69) is 15.8 Å². The molecule has 1 amide bonds. The minimum absolute atomic E-state index is 0.300. The number of ether oxygens (including phenoxy) is 1. The smallest absolute Gasteiger partial charge is 0.274 e. The lowest BCUT2D eigenvalue weighted by Crippen LogP contribution is -2.33. The van der Waals surface area contributed by atoms with Gasteiger partial charge in [-0.3, -0.25) is 9.20 Å². The first-order valence-corrected chi connectivity index (χ1v) is 11.3. The van der Waals surface area contributed by atoms with Crippen molar-refractivity contribution in [2.75, 3.05) is 11.9 Å². The van der Waals surface area contributed by atoms with E-state index in [1.54, 1.807) is 23.5 Å². The van der Waals surface area contributed by atoms with Crippen LogP contribution in [0.15, 0.2) is 54.9 Å². The number of hydroxylamine groups is 1. The Labute approximate surface area is 189 Å². The average Bonchev–Trinajstić information content (AvgIpc) is 3.41. The van der Waals surface area contributed by atoms with Crippen LogP contribution in [0.25, 0.3) is 17.0 Å². The molecular weight excluding hydrogens is 426 g/mol. The van der Waals surface area contributed by atoms with Gasteiger partial charge in [0.1, 0.15) is 11.3 Å². The molecule has 0 spiro atoms. The van der Waals surface area contributed by atoms with Gasteiger partial charge in [-0.1, -0.05) is 6.07 Å². The van der Waals surface area contributed by atoms with Crippen LogP contribution in [0, 0.1) is 6.92 Å². The normalized spacial score (nSPS) is 16.2. The molecule has 0 radical (unpaired) electrons. The molecule has 4 heterocycles. The van der Waals surface area contributed by atoms with Gasteiger partial charge in [-0.25, -0.2) is 20.3 Å². The van der Waals surface area contributed by atoms with Crippen LogP contribution in [0.2, 0.25) is 0 Å². The second-order valence-electron chi connectivity index (χ2n) is 7.54. The molecule has 1 saturated heterocycles. The summed E-state index contributed by atoms with van der Waals surface area (Å²) in [5, 5.41) is 4.10. The van der Waals surface area contributed by atoms with Crippen LogP contribution >= 0.6 is 11.3 Å². The number of thiazole rings is 1. The molecule has 1 atom stereocenters. The molecule has 8 nitrogen and oxygen atoms in total. The fourth-order valence-electron chi connectivity index (χ4n) is 3.61. The van der Waals surface area contributed by atoms with E-state index in [4.69, 9.17) is 14.6 Å². The maximum atomic E-state index is 12.3. The number of carbonyl (C=O) groups is 1. The van der Waals surface area contributed by atoms with Gasteiger partial charge >= 0.3 is 0 Å². The molecule has 0 bridgehead atoms. The molecule has 164 valence electrons. The summed E-state index contributed by atoms with van der Waals surface area (Å²) in [7, 11) is 0. The van der Waals surface area contributed by atoms with E-state index in [0.717, 1.165) is 52.0 Å². The number of fused-ring (bicyclic) bond motifs is 1. The first-order chi connectivity index (χ1) is 15.7. The molecule has 3 aromatic heterocycles. The van der Waals surface area contributed by atoms with Gasteiger partial charge in [-0.15, -0.1) is 11.3 Å². The van der Waals surface area contributed by atoms with Crippen molar-refractivity contribution in [2.45, 2.75) is 32.5 Å². The van der Waals surface area contributed by atoms with Crippen molar-refractivity contribution in [3.63, 3.8) is 0 Å². The highest BCUT2D eigenvalue weighted by Crippen LogP contribution is 2.32. The summed E-state index contributed by atoms with van der Waals surface area (Å²) in [4.78, 5) is 28.0. The summed E-state index contributed by atoms with van der Waals surface area (Å²) in [6.45, 7) is 2.71. The first kappa shape index (κ1) is 20.6. The second kappa shape index (κ2) is 9.07. The average molecular weight is 450 g/mol. The number of nitrogens with zero attached hydrogens (tertiary/aromatic N) is 3. The van der Waals surface area contributed by atoms with Gasteiger partial charge in [0.05, 0.1) is 11.9 Å². The Kier molecular flexibility index (Phi) is 5.85. The molecular formula is C23H23N5O3S. The Morgan fingerprint density at radius 1 is 1.22 bits per heavy atom. The van der Waals surface area contributed by atoms with E-state index in [9.17, 15) is 4.79 Å². The maximum Gasteiger partial charge on any atom is 0.274 e. The van der Waals surface area contributed by atoms with Gasteiger partial charge in [-0.2, -0.15) is 0 Å². The zero-order chi connectivity index (χ0) is 21.9. The predicted molar refractivity (Wildman–Crippen MR) is 123 cm³/mol. The Bertz CT molecular complexity index is 1230. The number of rotatable bonds is 6. The quantitative estimate of drug-likeness (QED) is 0.415. The van der Waals surface area contributed by atoms with E-state index in [-0.39, 0.29) is 12.2 Å². The van der Waals surface area contributed by atoms with Gasteiger partial charge in [-0.05, 0) is 56.2 Å². The van der Waals surface area contributed by atoms with E-state index in [0.29, 0.717) is 12.2 Å². The van der Waals surface area contributed by atoms with Crippen LogP contribution in [-0.2, 0) is 9.57 Å². The lowest BCUT2D eigenvalue weighted by molar-refractivity contribution is -0.186. The third-order valence-electron chi connectivity index (χ3n) is 5.28. The number of pyridine rings is 1. The van der Waals surface area contributed by atoms with Crippen molar-refractivity contribution in [1.29, 1.82) is 0 Å². The molecule has 0 aliphatic carbocycles. The van der Waals surface area contributed by atoms with Crippen molar-refractivity contribution in [1.82, 2.24) is 19.8 Å². The van der Waals surface area contributed by atoms with Gasteiger partial charge in [0.2, 0.25) is 0 Å². The lowest BCUT2D eigenvalue weighted by atomic mass is 10.2. The standard InChI is InChI=1S/C23H23N5O3S/c1-15-21(18-14-24-19-6-2-4-12-28(18)19)26-23(32-15)25-17-10-8-16(9-11-17)22(29)27-31-20-7-3-5-13-30-20/h2,4,6,8-12,14,20H,3,5,7,13H2,1H3,(H,25,26)(H,27,29). The van der Waals surface area contributed by atoms with Crippen LogP contribution in [0.4, 0.5) is 10.8 Å². The summed E-state index contributed by atoms with van der Waals surface area (Å²) in [6, 6.07) is 13.1. The van der Waals surface area contributed by atoms with Gasteiger partial charge < -0.3 is 10.1 Å². The molecule has 1 aliphatic rings. The van der Waals surface area contributed by atoms with Crippen molar-refractivity contribution in [3.8, 4) is 11.4 Å². The Morgan fingerprint density at radius 3 is 2.91 bits per heavy atom. The third kappa shape index (κ3) is 4.36. The molecule has 5 rings (SSSR count). The number of hydrogen-bond acceptors (Lipinski definition) is 7. The summed E-state index contributed by atoms with van der Waals surface area (Å²) in [6.07, 6.45) is 6.31.